The predicted molar refractivity (Wildman–Crippen MR) is 95.3 cm³/mol. The number of carbonyl (C=O) groups excluding carboxylic acids is 3. The SMILES string of the molecule is CC(C)(O)C(=O)NNC(=O)c1ccc(NC(=O)Nc2ccccc2)s1. The van der Waals surface area contributed by atoms with Crippen molar-refractivity contribution in [3.05, 3.63) is 47.3 Å². The van der Waals surface area contributed by atoms with Crippen LogP contribution in [0.3, 0.4) is 0 Å². The number of thiophene rings is 1. The molecule has 25 heavy (non-hydrogen) atoms. The smallest absolute Gasteiger partial charge is 0.324 e. The van der Waals surface area contributed by atoms with E-state index in [2.05, 4.69) is 21.5 Å². The van der Waals surface area contributed by atoms with E-state index in [4.69, 9.17) is 0 Å². The Balaban J connectivity index is 1.88. The fourth-order valence-electron chi connectivity index (χ4n) is 1.65. The third-order valence-electron chi connectivity index (χ3n) is 2.94. The molecule has 1 heterocycles. The Hall–Kier alpha value is -2.91. The van der Waals surface area contributed by atoms with Crippen molar-refractivity contribution < 1.29 is 19.5 Å². The van der Waals surface area contributed by atoms with Crippen LogP contribution in [0.15, 0.2) is 42.5 Å². The highest BCUT2D eigenvalue weighted by atomic mass is 32.1. The number of hydrogen-bond acceptors (Lipinski definition) is 5. The second-order valence-corrected chi connectivity index (χ2v) is 6.66. The Morgan fingerprint density at radius 2 is 1.64 bits per heavy atom. The second-order valence-electron chi connectivity index (χ2n) is 5.58. The molecule has 2 aromatic rings. The number of rotatable bonds is 4. The summed E-state index contributed by atoms with van der Waals surface area (Å²) in [6, 6.07) is 11.6. The lowest BCUT2D eigenvalue weighted by Gasteiger charge is -2.16. The van der Waals surface area contributed by atoms with Gasteiger partial charge in [0.15, 0.2) is 0 Å². The largest absolute Gasteiger partial charge is 0.381 e. The molecule has 0 radical (unpaired) electrons. The number of nitrogens with one attached hydrogen (secondary N) is 4. The lowest BCUT2D eigenvalue weighted by Crippen LogP contribution is -2.50. The van der Waals surface area contributed by atoms with Gasteiger partial charge in [-0.1, -0.05) is 18.2 Å². The van der Waals surface area contributed by atoms with Crippen molar-refractivity contribution in [3.63, 3.8) is 0 Å². The normalized spacial score (nSPS) is 10.7. The molecule has 0 aliphatic carbocycles. The number of aliphatic hydroxyl groups is 1. The summed E-state index contributed by atoms with van der Waals surface area (Å²) in [7, 11) is 0. The van der Waals surface area contributed by atoms with Crippen molar-refractivity contribution in [2.45, 2.75) is 19.4 Å². The standard InChI is InChI=1S/C16H18N4O4S/c1-16(2,24)14(22)20-19-13(21)11-8-9-12(25-11)18-15(23)17-10-6-4-3-5-7-10/h3-9,24H,1-2H3,(H,19,21)(H,20,22)(H2,17,18,23). The van der Waals surface area contributed by atoms with Crippen LogP contribution in [0.2, 0.25) is 0 Å². The summed E-state index contributed by atoms with van der Waals surface area (Å²) >= 11 is 1.04. The Kier molecular flexibility index (Phi) is 5.73. The summed E-state index contributed by atoms with van der Waals surface area (Å²) in [6.45, 7) is 2.60. The quantitative estimate of drug-likeness (QED) is 0.534. The van der Waals surface area contributed by atoms with Crippen LogP contribution >= 0.6 is 11.3 Å². The number of anilines is 2. The van der Waals surface area contributed by atoms with Crippen molar-refractivity contribution in [3.8, 4) is 0 Å². The zero-order valence-corrected chi connectivity index (χ0v) is 14.4. The highest BCUT2D eigenvalue weighted by molar-refractivity contribution is 7.18. The van der Waals surface area contributed by atoms with Crippen LogP contribution in [0.25, 0.3) is 0 Å². The Labute approximate surface area is 148 Å². The Morgan fingerprint density at radius 3 is 2.28 bits per heavy atom. The molecule has 132 valence electrons. The van der Waals surface area contributed by atoms with Crippen LogP contribution in [-0.4, -0.2) is 28.6 Å². The van der Waals surface area contributed by atoms with Crippen LogP contribution in [0.4, 0.5) is 15.5 Å². The van der Waals surface area contributed by atoms with Gasteiger partial charge in [0.25, 0.3) is 11.8 Å². The molecule has 1 aromatic carbocycles. The van der Waals surface area contributed by atoms with Gasteiger partial charge in [-0.2, -0.15) is 0 Å². The van der Waals surface area contributed by atoms with Crippen LogP contribution in [0, 0.1) is 0 Å². The summed E-state index contributed by atoms with van der Waals surface area (Å²) < 4.78 is 0. The minimum absolute atomic E-state index is 0.283. The van der Waals surface area contributed by atoms with Gasteiger partial charge in [-0.3, -0.25) is 25.8 Å². The lowest BCUT2D eigenvalue weighted by molar-refractivity contribution is -0.137. The average molecular weight is 362 g/mol. The molecule has 0 aliphatic rings. The third kappa shape index (κ3) is 5.59. The maximum Gasteiger partial charge on any atom is 0.324 e. The highest BCUT2D eigenvalue weighted by Gasteiger charge is 2.24. The predicted octanol–water partition coefficient (Wildman–Crippen LogP) is 1.92. The lowest BCUT2D eigenvalue weighted by atomic mass is 10.1. The van der Waals surface area contributed by atoms with Gasteiger partial charge < -0.3 is 10.4 Å². The van der Waals surface area contributed by atoms with Gasteiger partial charge in [0, 0.05) is 5.69 Å². The van der Waals surface area contributed by atoms with Gasteiger partial charge in [0.05, 0.1) is 9.88 Å². The minimum atomic E-state index is -1.61. The average Bonchev–Trinajstić information content (AvgIpc) is 3.00. The maximum absolute atomic E-state index is 11.9. The highest BCUT2D eigenvalue weighted by Crippen LogP contribution is 2.22. The van der Waals surface area contributed by atoms with Gasteiger partial charge in [-0.15, -0.1) is 11.3 Å². The maximum atomic E-state index is 11.9. The summed E-state index contributed by atoms with van der Waals surface area (Å²) in [5, 5.41) is 15.2. The number of para-hydroxylation sites is 1. The van der Waals surface area contributed by atoms with Crippen molar-refractivity contribution in [2.75, 3.05) is 10.6 Å². The second kappa shape index (κ2) is 7.77. The molecule has 0 atom stereocenters. The molecule has 1 aromatic heterocycles. The number of hydrazine groups is 1. The van der Waals surface area contributed by atoms with Crippen LogP contribution in [0.5, 0.6) is 0 Å². The van der Waals surface area contributed by atoms with Crippen LogP contribution < -0.4 is 21.5 Å². The van der Waals surface area contributed by atoms with E-state index in [1.807, 2.05) is 6.07 Å². The van der Waals surface area contributed by atoms with Gasteiger partial charge in [0.1, 0.15) is 5.60 Å². The molecule has 0 saturated carbocycles. The van der Waals surface area contributed by atoms with E-state index in [-0.39, 0.29) is 4.88 Å². The number of benzene rings is 1. The fraction of sp³-hybridized carbons (Fsp3) is 0.188. The Bertz CT molecular complexity index is 768. The topological polar surface area (TPSA) is 120 Å². The van der Waals surface area contributed by atoms with Gasteiger partial charge in [-0.25, -0.2) is 4.79 Å². The molecule has 4 amide bonds. The van der Waals surface area contributed by atoms with E-state index in [0.29, 0.717) is 10.7 Å². The van der Waals surface area contributed by atoms with E-state index >= 15 is 0 Å². The zero-order valence-electron chi connectivity index (χ0n) is 13.6. The number of urea groups is 1. The molecule has 0 fully saturated rings. The molecule has 0 aliphatic heterocycles. The van der Waals surface area contributed by atoms with Crippen LogP contribution in [-0.2, 0) is 4.79 Å². The molecular formula is C16H18N4O4S. The molecule has 2 rings (SSSR count). The summed E-state index contributed by atoms with van der Waals surface area (Å²) in [4.78, 5) is 35.6. The summed E-state index contributed by atoms with van der Waals surface area (Å²) in [5.41, 5.74) is 3.35. The zero-order chi connectivity index (χ0) is 18.4. The molecule has 0 unspecified atom stereocenters. The number of hydrogen-bond donors (Lipinski definition) is 5. The van der Waals surface area contributed by atoms with Crippen molar-refractivity contribution >= 4 is 39.9 Å². The van der Waals surface area contributed by atoms with E-state index < -0.39 is 23.4 Å². The first-order valence-electron chi connectivity index (χ1n) is 7.32. The van der Waals surface area contributed by atoms with Gasteiger partial charge in [0.2, 0.25) is 0 Å². The molecular weight excluding hydrogens is 344 g/mol. The van der Waals surface area contributed by atoms with E-state index in [9.17, 15) is 19.5 Å². The number of amides is 4. The monoisotopic (exact) mass is 362 g/mol. The van der Waals surface area contributed by atoms with E-state index in [0.717, 1.165) is 11.3 Å². The molecule has 9 heteroatoms. The van der Waals surface area contributed by atoms with Gasteiger partial charge in [-0.05, 0) is 38.1 Å². The first kappa shape index (κ1) is 18.4. The fourth-order valence-corrected chi connectivity index (χ4v) is 2.45. The van der Waals surface area contributed by atoms with Crippen molar-refractivity contribution in [1.29, 1.82) is 0 Å². The summed E-state index contributed by atoms with van der Waals surface area (Å²) in [5.74, 6) is -1.29. The van der Waals surface area contributed by atoms with E-state index in [1.54, 1.807) is 30.3 Å². The first-order chi connectivity index (χ1) is 11.8. The summed E-state index contributed by atoms with van der Waals surface area (Å²) in [6.07, 6.45) is 0. The number of carbonyl (C=O) groups is 3. The first-order valence-corrected chi connectivity index (χ1v) is 8.13. The molecule has 0 saturated heterocycles. The molecule has 8 nitrogen and oxygen atoms in total. The van der Waals surface area contributed by atoms with Crippen molar-refractivity contribution in [2.24, 2.45) is 0 Å². The van der Waals surface area contributed by atoms with E-state index in [1.165, 1.54) is 19.9 Å². The Morgan fingerprint density at radius 1 is 0.960 bits per heavy atom. The van der Waals surface area contributed by atoms with Gasteiger partial charge >= 0.3 is 6.03 Å². The third-order valence-corrected chi connectivity index (χ3v) is 3.94. The van der Waals surface area contributed by atoms with Crippen LogP contribution in [0.1, 0.15) is 23.5 Å². The molecule has 5 N–H and O–H groups in total. The molecule has 0 bridgehead atoms. The van der Waals surface area contributed by atoms with Crippen molar-refractivity contribution in [1.82, 2.24) is 10.9 Å². The molecule has 0 spiro atoms. The minimum Gasteiger partial charge on any atom is -0.381 e.